The maximum absolute atomic E-state index is 12.4. The van der Waals surface area contributed by atoms with Gasteiger partial charge in [0.1, 0.15) is 11.3 Å². The number of hydrogen-bond donors (Lipinski definition) is 1. The molecule has 0 fully saturated rings. The first kappa shape index (κ1) is 16.8. The van der Waals surface area contributed by atoms with E-state index in [0.29, 0.717) is 11.5 Å². The minimum atomic E-state index is -0.0791. The average Bonchev–Trinajstić information content (AvgIpc) is 3.10. The second-order valence-electron chi connectivity index (χ2n) is 5.50. The third-order valence-corrected chi connectivity index (χ3v) is 6.01. The minimum Gasteiger partial charge on any atom is -0.494 e. The Hall–Kier alpha value is -2.64. The third kappa shape index (κ3) is 3.36. The molecule has 0 aliphatic heterocycles. The highest BCUT2D eigenvalue weighted by Crippen LogP contribution is 2.31. The van der Waals surface area contributed by atoms with Crippen molar-refractivity contribution < 1.29 is 9.53 Å². The predicted molar refractivity (Wildman–Crippen MR) is 107 cm³/mol. The highest BCUT2D eigenvalue weighted by molar-refractivity contribution is 8.01. The summed E-state index contributed by atoms with van der Waals surface area (Å²) in [6, 6.07) is 15.4. The lowest BCUT2D eigenvalue weighted by Crippen LogP contribution is -2.14. The fourth-order valence-electron chi connectivity index (χ4n) is 2.65. The lowest BCUT2D eigenvalue weighted by molar-refractivity contribution is -0.113. The Morgan fingerprint density at radius 3 is 2.92 bits per heavy atom. The zero-order valence-corrected chi connectivity index (χ0v) is 15.6. The molecular formula is C19H15N3O2S2. The van der Waals surface area contributed by atoms with Crippen molar-refractivity contribution in [2.45, 2.75) is 4.34 Å². The molecule has 2 heterocycles. The summed E-state index contributed by atoms with van der Waals surface area (Å²) in [6.07, 6.45) is 1.71. The lowest BCUT2D eigenvalue weighted by atomic mass is 10.1. The number of carbonyl (C=O) groups is 1. The van der Waals surface area contributed by atoms with Crippen LogP contribution in [-0.2, 0) is 4.79 Å². The number of thiazole rings is 1. The molecule has 4 aromatic rings. The predicted octanol–water partition coefficient (Wildman–Crippen LogP) is 4.58. The van der Waals surface area contributed by atoms with Crippen LogP contribution < -0.4 is 10.1 Å². The van der Waals surface area contributed by atoms with E-state index in [9.17, 15) is 4.79 Å². The van der Waals surface area contributed by atoms with Gasteiger partial charge in [-0.3, -0.25) is 9.78 Å². The van der Waals surface area contributed by atoms with Crippen molar-refractivity contribution in [1.82, 2.24) is 9.97 Å². The first-order chi connectivity index (χ1) is 12.7. The highest BCUT2D eigenvalue weighted by atomic mass is 32.2. The summed E-state index contributed by atoms with van der Waals surface area (Å²) in [5.74, 6) is 0.903. The number of methoxy groups -OCH3 is 1. The molecule has 0 saturated carbocycles. The van der Waals surface area contributed by atoms with Crippen molar-refractivity contribution in [3.63, 3.8) is 0 Å². The van der Waals surface area contributed by atoms with Crippen LogP contribution >= 0.6 is 23.1 Å². The number of aromatic nitrogens is 2. The van der Waals surface area contributed by atoms with Crippen molar-refractivity contribution >= 4 is 55.8 Å². The molecule has 5 nitrogen and oxygen atoms in total. The number of fused-ring (bicyclic) bond motifs is 2. The fraction of sp³-hybridized carbons (Fsp3) is 0.105. The van der Waals surface area contributed by atoms with Gasteiger partial charge in [0.05, 0.1) is 28.8 Å². The molecule has 1 amide bonds. The Morgan fingerprint density at radius 2 is 2.08 bits per heavy atom. The van der Waals surface area contributed by atoms with E-state index < -0.39 is 0 Å². The molecule has 0 radical (unpaired) electrons. The normalized spacial score (nSPS) is 11.0. The molecule has 0 saturated heterocycles. The second kappa shape index (κ2) is 7.31. The number of para-hydroxylation sites is 1. The van der Waals surface area contributed by atoms with Crippen molar-refractivity contribution in [2.24, 2.45) is 0 Å². The molecule has 2 aromatic carbocycles. The number of rotatable bonds is 5. The number of benzene rings is 2. The zero-order valence-electron chi connectivity index (χ0n) is 13.9. The number of pyridine rings is 1. The smallest absolute Gasteiger partial charge is 0.234 e. The zero-order chi connectivity index (χ0) is 17.9. The number of nitrogens with one attached hydrogen (secondary N) is 1. The van der Waals surface area contributed by atoms with Crippen molar-refractivity contribution in [3.8, 4) is 5.75 Å². The molecule has 0 aliphatic rings. The maximum atomic E-state index is 12.4. The Kier molecular flexibility index (Phi) is 4.73. The standard InChI is InChI=1S/C19H15N3O2S2/c1-24-15-9-8-13(12-5-4-10-20-18(12)15)21-17(23)11-25-19-22-14-6-2-3-7-16(14)26-19/h2-10H,11H2,1H3,(H,21,23). The molecule has 7 heteroatoms. The van der Waals surface area contributed by atoms with Crippen LogP contribution in [0.2, 0.25) is 0 Å². The molecular weight excluding hydrogens is 366 g/mol. The van der Waals surface area contributed by atoms with Crippen LogP contribution in [0, 0.1) is 0 Å². The van der Waals surface area contributed by atoms with Crippen molar-refractivity contribution in [2.75, 3.05) is 18.2 Å². The first-order valence-electron chi connectivity index (χ1n) is 7.94. The SMILES string of the molecule is COc1ccc(NC(=O)CSc2nc3ccccc3s2)c2cccnc12. The van der Waals surface area contributed by atoms with Crippen LogP contribution in [0.5, 0.6) is 5.75 Å². The van der Waals surface area contributed by atoms with E-state index in [-0.39, 0.29) is 5.91 Å². The van der Waals surface area contributed by atoms with Gasteiger partial charge in [0.25, 0.3) is 0 Å². The lowest BCUT2D eigenvalue weighted by Gasteiger charge is -2.10. The van der Waals surface area contributed by atoms with Gasteiger partial charge >= 0.3 is 0 Å². The van der Waals surface area contributed by atoms with Gasteiger partial charge in [0.15, 0.2) is 4.34 Å². The van der Waals surface area contributed by atoms with E-state index in [0.717, 1.165) is 31.1 Å². The summed E-state index contributed by atoms with van der Waals surface area (Å²) in [4.78, 5) is 21.3. The molecule has 0 spiro atoms. The number of anilines is 1. The summed E-state index contributed by atoms with van der Waals surface area (Å²) in [7, 11) is 1.61. The molecule has 1 N–H and O–H groups in total. The summed E-state index contributed by atoms with van der Waals surface area (Å²) >= 11 is 3.04. The van der Waals surface area contributed by atoms with Gasteiger partial charge in [-0.05, 0) is 36.4 Å². The van der Waals surface area contributed by atoms with Crippen molar-refractivity contribution in [1.29, 1.82) is 0 Å². The van der Waals surface area contributed by atoms with E-state index in [1.165, 1.54) is 11.8 Å². The van der Waals surface area contributed by atoms with E-state index in [2.05, 4.69) is 15.3 Å². The number of thioether (sulfide) groups is 1. The van der Waals surface area contributed by atoms with Gasteiger partial charge in [-0.1, -0.05) is 23.9 Å². The largest absolute Gasteiger partial charge is 0.494 e. The second-order valence-corrected chi connectivity index (χ2v) is 7.75. The van der Waals surface area contributed by atoms with Crippen LogP contribution in [0.3, 0.4) is 0 Å². The Balaban J connectivity index is 1.49. The maximum Gasteiger partial charge on any atom is 0.234 e. The van der Waals surface area contributed by atoms with Crippen LogP contribution in [0.15, 0.2) is 59.1 Å². The quantitative estimate of drug-likeness (QED) is 0.513. The van der Waals surface area contributed by atoms with Gasteiger partial charge in [-0.15, -0.1) is 11.3 Å². The summed E-state index contributed by atoms with van der Waals surface area (Å²) in [5, 5.41) is 3.81. The van der Waals surface area contributed by atoms with Gasteiger partial charge in [0, 0.05) is 11.6 Å². The van der Waals surface area contributed by atoms with Gasteiger partial charge in [0.2, 0.25) is 5.91 Å². The van der Waals surface area contributed by atoms with Crippen LogP contribution in [0.1, 0.15) is 0 Å². The topological polar surface area (TPSA) is 64.1 Å². The molecule has 130 valence electrons. The first-order valence-corrected chi connectivity index (χ1v) is 9.75. The highest BCUT2D eigenvalue weighted by Gasteiger charge is 2.11. The van der Waals surface area contributed by atoms with Gasteiger partial charge in [-0.2, -0.15) is 0 Å². The molecule has 0 unspecified atom stereocenters. The average molecular weight is 381 g/mol. The summed E-state index contributed by atoms with van der Waals surface area (Å²) in [6.45, 7) is 0. The monoisotopic (exact) mass is 381 g/mol. The number of hydrogen-bond acceptors (Lipinski definition) is 6. The van der Waals surface area contributed by atoms with Crippen LogP contribution in [-0.4, -0.2) is 28.7 Å². The van der Waals surface area contributed by atoms with Gasteiger partial charge in [-0.25, -0.2) is 4.98 Å². The summed E-state index contributed by atoms with van der Waals surface area (Å²) in [5.41, 5.74) is 2.42. The number of nitrogens with zero attached hydrogens (tertiary/aromatic N) is 2. The van der Waals surface area contributed by atoms with Crippen LogP contribution in [0.25, 0.3) is 21.1 Å². The number of amides is 1. The molecule has 0 bridgehead atoms. The van der Waals surface area contributed by atoms with E-state index in [4.69, 9.17) is 4.74 Å². The third-order valence-electron chi connectivity index (χ3n) is 3.83. The molecule has 0 atom stereocenters. The van der Waals surface area contributed by atoms with E-state index in [1.54, 1.807) is 24.6 Å². The minimum absolute atomic E-state index is 0.0791. The van der Waals surface area contributed by atoms with Crippen molar-refractivity contribution in [3.05, 3.63) is 54.7 Å². The Labute approximate surface area is 158 Å². The number of carbonyl (C=O) groups excluding carboxylic acids is 1. The summed E-state index contributed by atoms with van der Waals surface area (Å²) < 4.78 is 7.35. The van der Waals surface area contributed by atoms with Gasteiger partial charge < -0.3 is 10.1 Å². The Bertz CT molecular complexity index is 1060. The molecule has 4 rings (SSSR count). The fourth-order valence-corrected chi connectivity index (χ4v) is 4.52. The Morgan fingerprint density at radius 1 is 1.19 bits per heavy atom. The van der Waals surface area contributed by atoms with E-state index >= 15 is 0 Å². The molecule has 0 aliphatic carbocycles. The molecule has 2 aromatic heterocycles. The van der Waals surface area contributed by atoms with E-state index in [1.807, 2.05) is 48.5 Å². The molecule has 26 heavy (non-hydrogen) atoms. The number of ether oxygens (including phenoxy) is 1. The van der Waals surface area contributed by atoms with Crippen LogP contribution in [0.4, 0.5) is 5.69 Å².